The first-order valence-corrected chi connectivity index (χ1v) is 14.6. The second-order valence-electron chi connectivity index (χ2n) is 8.91. The van der Waals surface area contributed by atoms with Crippen molar-refractivity contribution in [2.45, 2.75) is 56.9 Å². The number of carbonyl (C=O) groups excluding carboxylic acids is 1. The van der Waals surface area contributed by atoms with Gasteiger partial charge in [0.25, 0.3) is 0 Å². The Balaban J connectivity index is 0.000000757. The average molecular weight is 557 g/mol. The zero-order valence-electron chi connectivity index (χ0n) is 21.9. The largest absolute Gasteiger partial charge is 0.473 e. The van der Waals surface area contributed by atoms with E-state index in [1.807, 2.05) is 29.6 Å². The Bertz CT molecular complexity index is 1120. The number of carboxylic acids is 2. The highest BCUT2D eigenvalue weighted by atomic mass is 32.2. The van der Waals surface area contributed by atoms with E-state index in [1.54, 1.807) is 11.8 Å². The number of carboxylic acid groups (broad SMARTS) is 2. The normalized spacial score (nSPS) is 10.6. The van der Waals surface area contributed by atoms with Gasteiger partial charge in [0, 0.05) is 5.69 Å². The van der Waals surface area contributed by atoms with Crippen LogP contribution in [0.5, 0.6) is 0 Å². The van der Waals surface area contributed by atoms with Crippen molar-refractivity contribution in [3.8, 4) is 0 Å². The van der Waals surface area contributed by atoms with Crippen molar-refractivity contribution in [1.29, 1.82) is 0 Å². The number of nitrogens with one attached hydrogen (secondary N) is 1. The van der Waals surface area contributed by atoms with Gasteiger partial charge in [0.15, 0.2) is 0 Å². The molecule has 7 nitrogen and oxygen atoms in total. The summed E-state index contributed by atoms with van der Waals surface area (Å²) in [4.78, 5) is 36.7. The molecule has 0 aliphatic carbocycles. The summed E-state index contributed by atoms with van der Waals surface area (Å²) in [6.45, 7) is 6.41. The minimum atomic E-state index is -1.82. The van der Waals surface area contributed by atoms with Crippen LogP contribution in [0, 0.1) is 0 Å². The van der Waals surface area contributed by atoms with E-state index >= 15 is 0 Å². The Labute approximate surface area is 232 Å². The lowest BCUT2D eigenvalue weighted by molar-refractivity contribution is -0.159. The molecule has 3 N–H and O–H groups in total. The van der Waals surface area contributed by atoms with Crippen LogP contribution in [-0.4, -0.2) is 51.8 Å². The van der Waals surface area contributed by atoms with Crippen LogP contribution in [0.25, 0.3) is 0 Å². The molecule has 0 unspecified atom stereocenters. The molecule has 0 saturated carbocycles. The minimum Gasteiger partial charge on any atom is -0.473 e. The monoisotopic (exact) mass is 556 g/mol. The van der Waals surface area contributed by atoms with Crippen LogP contribution in [0.4, 0.5) is 0 Å². The Morgan fingerprint density at radius 1 is 0.895 bits per heavy atom. The molecule has 2 aromatic heterocycles. The van der Waals surface area contributed by atoms with E-state index in [1.165, 1.54) is 36.2 Å². The summed E-state index contributed by atoms with van der Waals surface area (Å²) in [5, 5.41) is 21.2. The molecule has 0 bridgehead atoms. The van der Waals surface area contributed by atoms with E-state index in [-0.39, 0.29) is 5.78 Å². The maximum Gasteiger partial charge on any atom is 0.414 e. The van der Waals surface area contributed by atoms with Gasteiger partial charge >= 0.3 is 11.9 Å². The van der Waals surface area contributed by atoms with Crippen LogP contribution < -0.4 is 5.32 Å². The van der Waals surface area contributed by atoms with Gasteiger partial charge in [-0.05, 0) is 73.2 Å². The Hall–Kier alpha value is -3.01. The number of thioether (sulfide) groups is 1. The molecule has 0 fully saturated rings. The molecular formula is C29H36N2O5S2. The summed E-state index contributed by atoms with van der Waals surface area (Å²) in [5.41, 5.74) is 3.19. The fourth-order valence-corrected chi connectivity index (χ4v) is 5.18. The number of rotatable bonds is 14. The van der Waals surface area contributed by atoms with E-state index in [9.17, 15) is 4.79 Å². The molecule has 9 heteroatoms. The van der Waals surface area contributed by atoms with Gasteiger partial charge in [-0.2, -0.15) is 0 Å². The summed E-state index contributed by atoms with van der Waals surface area (Å²) in [6, 6.07) is 18.4. The van der Waals surface area contributed by atoms with Gasteiger partial charge < -0.3 is 15.5 Å². The highest BCUT2D eigenvalue weighted by molar-refractivity contribution is 7.99. The second-order valence-corrected chi connectivity index (χ2v) is 10.9. The van der Waals surface area contributed by atoms with Crippen LogP contribution >= 0.6 is 23.1 Å². The molecule has 2 heterocycles. The fourth-order valence-electron chi connectivity index (χ4n) is 3.48. The van der Waals surface area contributed by atoms with Gasteiger partial charge in [0.2, 0.25) is 5.78 Å². The first-order valence-electron chi connectivity index (χ1n) is 12.7. The SMILES string of the molecule is CC(C)c1ccc(C(=O)c2cccs2)c(SCCCCCCNCCc2ccccc2)n1.O=C(O)C(=O)O. The zero-order valence-corrected chi connectivity index (χ0v) is 23.5. The van der Waals surface area contributed by atoms with Crippen molar-refractivity contribution in [2.24, 2.45) is 0 Å². The van der Waals surface area contributed by atoms with Crippen LogP contribution in [-0.2, 0) is 16.0 Å². The predicted octanol–water partition coefficient (Wildman–Crippen LogP) is 6.14. The zero-order chi connectivity index (χ0) is 27.8. The molecule has 0 saturated heterocycles. The topological polar surface area (TPSA) is 117 Å². The fraction of sp³-hybridized carbons (Fsp3) is 0.379. The van der Waals surface area contributed by atoms with Gasteiger partial charge in [-0.15, -0.1) is 23.1 Å². The minimum absolute atomic E-state index is 0.0897. The third-order valence-corrected chi connectivity index (χ3v) is 7.51. The Morgan fingerprint density at radius 2 is 1.61 bits per heavy atom. The quantitative estimate of drug-likeness (QED) is 0.0939. The molecule has 204 valence electrons. The van der Waals surface area contributed by atoms with E-state index in [4.69, 9.17) is 24.8 Å². The summed E-state index contributed by atoms with van der Waals surface area (Å²) < 4.78 is 0. The molecule has 0 aliphatic heterocycles. The lowest BCUT2D eigenvalue weighted by Gasteiger charge is -2.11. The van der Waals surface area contributed by atoms with E-state index in [0.29, 0.717) is 5.92 Å². The van der Waals surface area contributed by atoms with E-state index in [2.05, 4.69) is 49.5 Å². The van der Waals surface area contributed by atoms with Crippen LogP contribution in [0.2, 0.25) is 0 Å². The van der Waals surface area contributed by atoms with Crippen molar-refractivity contribution in [1.82, 2.24) is 10.3 Å². The summed E-state index contributed by atoms with van der Waals surface area (Å²) in [6.07, 6.45) is 5.90. The Kier molecular flexibility index (Phi) is 14.4. The van der Waals surface area contributed by atoms with Crippen LogP contribution in [0.15, 0.2) is 65.0 Å². The third kappa shape index (κ3) is 11.6. The lowest BCUT2D eigenvalue weighted by atomic mass is 10.1. The van der Waals surface area contributed by atoms with Crippen LogP contribution in [0.1, 0.15) is 71.9 Å². The van der Waals surface area contributed by atoms with Crippen molar-refractivity contribution in [3.05, 3.63) is 81.7 Å². The van der Waals surface area contributed by atoms with Crippen molar-refractivity contribution in [2.75, 3.05) is 18.8 Å². The predicted molar refractivity (Wildman–Crippen MR) is 154 cm³/mol. The molecule has 0 spiro atoms. The number of thiophene rings is 1. The number of unbranched alkanes of at least 4 members (excludes halogenated alkanes) is 3. The molecule has 0 atom stereocenters. The maximum absolute atomic E-state index is 12.9. The first kappa shape index (κ1) is 31.2. The smallest absolute Gasteiger partial charge is 0.414 e. The third-order valence-electron chi connectivity index (χ3n) is 5.57. The standard InChI is InChI=1S/C27H34N2OS2.C2H2O4/c1-21(2)24-15-14-23(26(30)25-13-10-20-31-25)27(29-24)32-19-9-4-3-8-17-28-18-16-22-11-6-5-7-12-22;3-1(4)2(5)6/h5-7,10-15,20-21,28H,3-4,8-9,16-19H2,1-2H3;(H,3,4)(H,5,6). The van der Waals surface area contributed by atoms with Gasteiger partial charge in [-0.1, -0.05) is 63.1 Å². The van der Waals surface area contributed by atoms with E-state index < -0.39 is 11.9 Å². The number of pyridine rings is 1. The summed E-state index contributed by atoms with van der Waals surface area (Å²) >= 11 is 3.22. The first-order chi connectivity index (χ1) is 18.3. The highest BCUT2D eigenvalue weighted by Crippen LogP contribution is 2.28. The number of hydrogen-bond acceptors (Lipinski definition) is 7. The average Bonchev–Trinajstić information content (AvgIpc) is 3.45. The van der Waals surface area contributed by atoms with Gasteiger partial charge in [-0.3, -0.25) is 4.79 Å². The van der Waals surface area contributed by atoms with Crippen molar-refractivity contribution >= 4 is 40.8 Å². The summed E-state index contributed by atoms with van der Waals surface area (Å²) in [5.74, 6) is -2.20. The van der Waals surface area contributed by atoms with Crippen LogP contribution in [0.3, 0.4) is 0 Å². The Morgan fingerprint density at radius 3 is 2.24 bits per heavy atom. The molecular weight excluding hydrogens is 520 g/mol. The van der Waals surface area contributed by atoms with Gasteiger partial charge in [-0.25, -0.2) is 14.6 Å². The molecule has 0 amide bonds. The number of nitrogens with zero attached hydrogens (tertiary/aromatic N) is 1. The number of carbonyl (C=O) groups is 3. The number of benzene rings is 1. The van der Waals surface area contributed by atoms with E-state index in [0.717, 1.165) is 52.8 Å². The molecule has 3 rings (SSSR count). The molecule has 38 heavy (non-hydrogen) atoms. The van der Waals surface area contributed by atoms with Crippen molar-refractivity contribution in [3.63, 3.8) is 0 Å². The number of ketones is 1. The molecule has 1 aromatic carbocycles. The maximum atomic E-state index is 12.9. The second kappa shape index (κ2) is 17.5. The van der Waals surface area contributed by atoms with Gasteiger partial charge in [0.05, 0.1) is 10.4 Å². The lowest BCUT2D eigenvalue weighted by Crippen LogP contribution is -2.18. The number of aromatic nitrogens is 1. The summed E-state index contributed by atoms with van der Waals surface area (Å²) in [7, 11) is 0. The highest BCUT2D eigenvalue weighted by Gasteiger charge is 2.17. The molecule has 0 radical (unpaired) electrons. The number of hydrogen-bond donors (Lipinski definition) is 3. The number of aliphatic carboxylic acids is 2. The molecule has 3 aromatic rings. The van der Waals surface area contributed by atoms with Gasteiger partial charge in [0.1, 0.15) is 5.03 Å². The van der Waals surface area contributed by atoms with Crippen molar-refractivity contribution < 1.29 is 24.6 Å². The molecule has 0 aliphatic rings.